The maximum absolute atomic E-state index is 12.7. The minimum absolute atomic E-state index is 0.108. The molecule has 32 heavy (non-hydrogen) atoms. The maximum atomic E-state index is 12.7. The van der Waals surface area contributed by atoms with Gasteiger partial charge in [0.05, 0.1) is 5.75 Å². The molecule has 0 radical (unpaired) electrons. The average molecular weight is 511 g/mol. The Morgan fingerprint density at radius 2 is 1.78 bits per heavy atom. The molecule has 1 saturated heterocycles. The van der Waals surface area contributed by atoms with Gasteiger partial charge < -0.3 is 5.32 Å². The van der Waals surface area contributed by atoms with Crippen molar-refractivity contribution >= 4 is 55.6 Å². The normalized spacial score (nSPS) is 15.6. The van der Waals surface area contributed by atoms with Gasteiger partial charge in [0.2, 0.25) is 21.1 Å². The van der Waals surface area contributed by atoms with Gasteiger partial charge in [-0.1, -0.05) is 58.8 Å². The summed E-state index contributed by atoms with van der Waals surface area (Å²) in [4.78, 5) is 12.7. The van der Waals surface area contributed by atoms with E-state index >= 15 is 0 Å². The van der Waals surface area contributed by atoms with Crippen LogP contribution in [0.1, 0.15) is 18.4 Å². The number of rotatable bonds is 6. The molecule has 0 unspecified atom stereocenters. The fourth-order valence-corrected chi connectivity index (χ4v) is 6.16. The van der Waals surface area contributed by atoms with Gasteiger partial charge in [0.1, 0.15) is 5.01 Å². The highest BCUT2D eigenvalue weighted by Gasteiger charge is 2.31. The first-order chi connectivity index (χ1) is 15.3. The second-order valence-electron chi connectivity index (χ2n) is 7.47. The number of piperidine rings is 1. The Bertz CT molecular complexity index is 1210. The number of halogens is 2. The van der Waals surface area contributed by atoms with E-state index in [1.165, 1.54) is 15.6 Å². The summed E-state index contributed by atoms with van der Waals surface area (Å²) in [5.41, 5.74) is 1.51. The summed E-state index contributed by atoms with van der Waals surface area (Å²) in [6.07, 6.45) is 0.896. The van der Waals surface area contributed by atoms with Gasteiger partial charge in [-0.15, -0.1) is 10.2 Å². The van der Waals surface area contributed by atoms with E-state index in [1.807, 2.05) is 12.1 Å². The third-order valence-electron chi connectivity index (χ3n) is 5.20. The van der Waals surface area contributed by atoms with Crippen LogP contribution in [-0.4, -0.2) is 41.9 Å². The van der Waals surface area contributed by atoms with Crippen molar-refractivity contribution in [3.8, 4) is 10.6 Å². The molecule has 7 nitrogen and oxygen atoms in total. The van der Waals surface area contributed by atoms with Crippen LogP contribution in [-0.2, 0) is 20.6 Å². The van der Waals surface area contributed by atoms with Gasteiger partial charge in [-0.05, 0) is 42.7 Å². The van der Waals surface area contributed by atoms with Crippen molar-refractivity contribution in [2.24, 2.45) is 5.92 Å². The monoisotopic (exact) mass is 510 g/mol. The van der Waals surface area contributed by atoms with Crippen LogP contribution in [0.2, 0.25) is 10.0 Å². The highest BCUT2D eigenvalue weighted by molar-refractivity contribution is 7.88. The molecule has 1 aliphatic rings. The van der Waals surface area contributed by atoms with Gasteiger partial charge in [-0.3, -0.25) is 4.79 Å². The summed E-state index contributed by atoms with van der Waals surface area (Å²) in [6.45, 7) is 0.597. The number of aromatic nitrogens is 2. The molecule has 0 spiro atoms. The summed E-state index contributed by atoms with van der Waals surface area (Å²) in [5, 5.41) is 13.2. The Kier molecular flexibility index (Phi) is 7.11. The van der Waals surface area contributed by atoms with E-state index in [4.69, 9.17) is 23.2 Å². The highest BCUT2D eigenvalue weighted by atomic mass is 35.5. The molecule has 0 bridgehead atoms. The summed E-state index contributed by atoms with van der Waals surface area (Å²) in [6, 6.07) is 14.1. The largest absolute Gasteiger partial charge is 0.300 e. The zero-order valence-corrected chi connectivity index (χ0v) is 20.0. The summed E-state index contributed by atoms with van der Waals surface area (Å²) in [7, 11) is -3.48. The molecule has 0 aliphatic carbocycles. The van der Waals surface area contributed by atoms with E-state index in [0.717, 1.165) is 5.56 Å². The number of anilines is 1. The number of sulfonamides is 1. The first kappa shape index (κ1) is 23.1. The van der Waals surface area contributed by atoms with E-state index in [1.54, 1.807) is 36.4 Å². The first-order valence-corrected chi connectivity index (χ1v) is 13.1. The SMILES string of the molecule is O=C(Nc1nnc(-c2ccc(Cl)cc2)s1)C1CCN(S(=O)(=O)Cc2cccc(Cl)c2)CC1. The lowest BCUT2D eigenvalue weighted by Crippen LogP contribution is -2.41. The molecule has 1 aliphatic heterocycles. The predicted octanol–water partition coefficient (Wildman–Crippen LogP) is 4.69. The quantitative estimate of drug-likeness (QED) is 0.518. The molecule has 3 aromatic rings. The van der Waals surface area contributed by atoms with Crippen molar-refractivity contribution in [2.75, 3.05) is 18.4 Å². The number of nitrogens with zero attached hydrogens (tertiary/aromatic N) is 3. The number of hydrogen-bond donors (Lipinski definition) is 1. The van der Waals surface area contributed by atoms with Gasteiger partial charge in [-0.25, -0.2) is 12.7 Å². The number of carbonyl (C=O) groups excluding carboxylic acids is 1. The molecule has 0 atom stereocenters. The number of benzene rings is 2. The Morgan fingerprint density at radius 1 is 1.06 bits per heavy atom. The van der Waals surface area contributed by atoms with Gasteiger partial charge >= 0.3 is 0 Å². The van der Waals surface area contributed by atoms with Crippen molar-refractivity contribution in [2.45, 2.75) is 18.6 Å². The molecular formula is C21H20Cl2N4O3S2. The number of hydrogen-bond acceptors (Lipinski definition) is 6. The van der Waals surface area contributed by atoms with Crippen LogP contribution in [0, 0.1) is 5.92 Å². The second kappa shape index (κ2) is 9.84. The fourth-order valence-electron chi connectivity index (χ4n) is 3.52. The molecule has 2 heterocycles. The number of nitrogens with one attached hydrogen (secondary N) is 1. The van der Waals surface area contributed by atoms with Gasteiger partial charge in [0.15, 0.2) is 0 Å². The van der Waals surface area contributed by atoms with Crippen molar-refractivity contribution in [3.05, 3.63) is 64.1 Å². The molecule has 11 heteroatoms. The van der Waals surface area contributed by atoms with E-state index in [-0.39, 0.29) is 17.6 Å². The van der Waals surface area contributed by atoms with Crippen LogP contribution in [0.15, 0.2) is 48.5 Å². The maximum Gasteiger partial charge on any atom is 0.229 e. The Balaban J connectivity index is 1.32. The van der Waals surface area contributed by atoms with E-state index in [2.05, 4.69) is 15.5 Å². The minimum Gasteiger partial charge on any atom is -0.300 e. The molecule has 0 saturated carbocycles. The molecule has 168 valence electrons. The molecule has 1 aromatic heterocycles. The predicted molar refractivity (Wildman–Crippen MR) is 127 cm³/mol. The third kappa shape index (κ3) is 5.65. The van der Waals surface area contributed by atoms with Crippen molar-refractivity contribution in [1.29, 1.82) is 0 Å². The summed E-state index contributed by atoms with van der Waals surface area (Å²) in [5.74, 6) is -0.561. The third-order valence-corrected chi connectivity index (χ3v) is 8.43. The smallest absolute Gasteiger partial charge is 0.229 e. The Morgan fingerprint density at radius 3 is 2.47 bits per heavy atom. The Labute approximate surface area is 200 Å². The van der Waals surface area contributed by atoms with Gasteiger partial charge in [-0.2, -0.15) is 0 Å². The van der Waals surface area contributed by atoms with Crippen molar-refractivity contribution in [3.63, 3.8) is 0 Å². The fraction of sp³-hybridized carbons (Fsp3) is 0.286. The van der Waals surface area contributed by atoms with Crippen LogP contribution in [0.25, 0.3) is 10.6 Å². The lowest BCUT2D eigenvalue weighted by atomic mass is 9.97. The second-order valence-corrected chi connectivity index (χ2v) is 11.3. The number of amides is 1. The van der Waals surface area contributed by atoms with Crippen LogP contribution >= 0.6 is 34.5 Å². The van der Waals surface area contributed by atoms with E-state index < -0.39 is 10.0 Å². The zero-order chi connectivity index (χ0) is 22.7. The molecule has 2 aromatic carbocycles. The molecule has 1 N–H and O–H groups in total. The summed E-state index contributed by atoms with van der Waals surface area (Å²) >= 11 is 13.1. The first-order valence-electron chi connectivity index (χ1n) is 9.93. The minimum atomic E-state index is -3.48. The molecule has 4 rings (SSSR count). The molecule has 1 amide bonds. The van der Waals surface area contributed by atoms with Crippen LogP contribution in [0.4, 0.5) is 5.13 Å². The van der Waals surface area contributed by atoms with Crippen molar-refractivity contribution in [1.82, 2.24) is 14.5 Å². The van der Waals surface area contributed by atoms with Gasteiger partial charge in [0, 0.05) is 34.6 Å². The lowest BCUT2D eigenvalue weighted by molar-refractivity contribution is -0.120. The molecule has 1 fully saturated rings. The molecular weight excluding hydrogens is 491 g/mol. The topological polar surface area (TPSA) is 92.3 Å². The van der Waals surface area contributed by atoms with Crippen LogP contribution in [0.5, 0.6) is 0 Å². The van der Waals surface area contributed by atoms with Crippen molar-refractivity contribution < 1.29 is 13.2 Å². The standard InChI is InChI=1S/C21H20Cl2N4O3S2/c22-17-6-4-16(5-7-17)20-25-26-21(31-20)24-19(28)15-8-10-27(11-9-15)32(29,30)13-14-2-1-3-18(23)12-14/h1-7,12,15H,8-11,13H2,(H,24,26,28). The summed E-state index contributed by atoms with van der Waals surface area (Å²) < 4.78 is 26.9. The van der Waals surface area contributed by atoms with Crippen LogP contribution < -0.4 is 5.32 Å². The van der Waals surface area contributed by atoms with Crippen LogP contribution in [0.3, 0.4) is 0 Å². The van der Waals surface area contributed by atoms with E-state index in [9.17, 15) is 13.2 Å². The highest BCUT2D eigenvalue weighted by Crippen LogP contribution is 2.29. The Hall–Kier alpha value is -2.04. The lowest BCUT2D eigenvalue weighted by Gasteiger charge is -2.30. The van der Waals surface area contributed by atoms with Gasteiger partial charge in [0.25, 0.3) is 0 Å². The average Bonchev–Trinajstić information content (AvgIpc) is 3.22. The zero-order valence-electron chi connectivity index (χ0n) is 16.9. The van der Waals surface area contributed by atoms with E-state index in [0.29, 0.717) is 51.7 Å². The number of carbonyl (C=O) groups is 1.